The van der Waals surface area contributed by atoms with Gasteiger partial charge in [0, 0.05) is 12.2 Å². The largest absolute Gasteiger partial charge is 0.466 e. The van der Waals surface area contributed by atoms with E-state index < -0.39 is 15.9 Å². The van der Waals surface area contributed by atoms with Crippen molar-refractivity contribution < 1.29 is 22.7 Å². The number of likely N-dealkylation sites (N-methyl/N-ethyl adjacent to an activating group) is 1. The maximum absolute atomic E-state index is 13.0. The predicted molar refractivity (Wildman–Crippen MR) is 116 cm³/mol. The molecule has 0 radical (unpaired) electrons. The summed E-state index contributed by atoms with van der Waals surface area (Å²) in [5.41, 5.74) is 2.76. The van der Waals surface area contributed by atoms with Gasteiger partial charge in [-0.2, -0.15) is 4.31 Å². The van der Waals surface area contributed by atoms with Crippen molar-refractivity contribution in [1.29, 1.82) is 0 Å². The molecule has 0 aliphatic rings. The Kier molecular flexibility index (Phi) is 8.14. The van der Waals surface area contributed by atoms with E-state index in [0.717, 1.165) is 15.4 Å². The number of rotatable bonds is 9. The van der Waals surface area contributed by atoms with E-state index in [1.165, 1.54) is 0 Å². The van der Waals surface area contributed by atoms with Gasteiger partial charge in [-0.05, 0) is 55.7 Å². The summed E-state index contributed by atoms with van der Waals surface area (Å²) in [4.78, 5) is 24.2. The number of esters is 1. The van der Waals surface area contributed by atoms with Crippen LogP contribution in [-0.2, 0) is 30.8 Å². The van der Waals surface area contributed by atoms with Crippen molar-refractivity contribution in [2.75, 3.05) is 25.0 Å². The number of sulfonamides is 1. The number of benzene rings is 2. The summed E-state index contributed by atoms with van der Waals surface area (Å²) in [5, 5.41) is 2.70. The van der Waals surface area contributed by atoms with E-state index >= 15 is 0 Å². The van der Waals surface area contributed by atoms with Gasteiger partial charge in [-0.3, -0.25) is 9.59 Å². The van der Waals surface area contributed by atoms with Gasteiger partial charge in [-0.1, -0.05) is 31.2 Å². The molecule has 0 fully saturated rings. The Morgan fingerprint density at radius 3 is 2.30 bits per heavy atom. The molecule has 0 aliphatic heterocycles. The van der Waals surface area contributed by atoms with Crippen molar-refractivity contribution in [3.63, 3.8) is 0 Å². The Balaban J connectivity index is 2.06. The van der Waals surface area contributed by atoms with Crippen LogP contribution >= 0.6 is 0 Å². The van der Waals surface area contributed by atoms with Gasteiger partial charge in [0.2, 0.25) is 15.9 Å². The van der Waals surface area contributed by atoms with Crippen LogP contribution in [0.4, 0.5) is 5.69 Å². The molecule has 0 spiro atoms. The number of carbonyl (C=O) groups excluding carboxylic acids is 2. The highest BCUT2D eigenvalue weighted by Gasteiger charge is 2.27. The lowest BCUT2D eigenvalue weighted by atomic mass is 10.1. The van der Waals surface area contributed by atoms with Gasteiger partial charge in [0.15, 0.2) is 0 Å². The molecule has 0 heterocycles. The van der Waals surface area contributed by atoms with E-state index in [1.807, 2.05) is 13.0 Å². The van der Waals surface area contributed by atoms with Gasteiger partial charge in [-0.25, -0.2) is 8.42 Å². The van der Waals surface area contributed by atoms with Crippen molar-refractivity contribution in [3.05, 3.63) is 59.2 Å². The molecule has 0 saturated carbocycles. The molecule has 1 N–H and O–H groups in total. The minimum atomic E-state index is -3.80. The number of nitrogens with one attached hydrogen (secondary N) is 1. The van der Waals surface area contributed by atoms with Crippen molar-refractivity contribution in [1.82, 2.24) is 4.31 Å². The Hall–Kier alpha value is -2.71. The molecule has 0 aliphatic carbocycles. The zero-order valence-electron chi connectivity index (χ0n) is 17.8. The Morgan fingerprint density at radius 2 is 1.70 bits per heavy atom. The SMILES string of the molecule is CCOC(=O)Cc1ccc(NC(=O)CN(CC)S(=O)(=O)c2cc(C)ccc2C)cc1. The lowest BCUT2D eigenvalue weighted by molar-refractivity contribution is -0.142. The first-order valence-electron chi connectivity index (χ1n) is 9.79. The lowest BCUT2D eigenvalue weighted by Crippen LogP contribution is -2.38. The van der Waals surface area contributed by atoms with E-state index in [9.17, 15) is 18.0 Å². The normalized spacial score (nSPS) is 11.4. The molecule has 2 rings (SSSR count). The van der Waals surface area contributed by atoms with E-state index in [0.29, 0.717) is 17.9 Å². The van der Waals surface area contributed by atoms with Crippen LogP contribution in [0.3, 0.4) is 0 Å². The second-order valence-electron chi connectivity index (χ2n) is 6.93. The third kappa shape index (κ3) is 6.14. The second-order valence-corrected chi connectivity index (χ2v) is 8.83. The maximum atomic E-state index is 13.0. The van der Waals surface area contributed by atoms with Gasteiger partial charge >= 0.3 is 5.97 Å². The number of ether oxygens (including phenoxy) is 1. The van der Waals surface area contributed by atoms with Gasteiger partial charge in [0.1, 0.15) is 0 Å². The van der Waals surface area contributed by atoms with Gasteiger partial charge in [0.05, 0.1) is 24.5 Å². The molecule has 0 unspecified atom stereocenters. The minimum absolute atomic E-state index is 0.153. The number of amides is 1. The van der Waals surface area contributed by atoms with Gasteiger partial charge < -0.3 is 10.1 Å². The number of nitrogens with zero attached hydrogens (tertiary/aromatic N) is 1. The molecule has 0 atom stereocenters. The zero-order chi connectivity index (χ0) is 22.3. The standard InChI is InChI=1S/C22H28N2O5S/c1-5-24(30(27,28)20-13-16(3)7-8-17(20)4)15-21(25)23-19-11-9-18(10-12-19)14-22(26)29-6-2/h7-13H,5-6,14-15H2,1-4H3,(H,23,25). The zero-order valence-corrected chi connectivity index (χ0v) is 18.6. The van der Waals surface area contributed by atoms with Crippen LogP contribution in [0.25, 0.3) is 0 Å². The van der Waals surface area contributed by atoms with Crippen molar-refractivity contribution in [2.24, 2.45) is 0 Å². The Bertz CT molecular complexity index is 1000. The molecule has 8 heteroatoms. The number of aryl methyl sites for hydroxylation is 2. The van der Waals surface area contributed by atoms with E-state index in [-0.39, 0.29) is 30.4 Å². The first-order chi connectivity index (χ1) is 14.2. The van der Waals surface area contributed by atoms with Crippen LogP contribution < -0.4 is 5.32 Å². The molecule has 0 bridgehead atoms. The predicted octanol–water partition coefficient (Wildman–Crippen LogP) is 3.06. The quantitative estimate of drug-likeness (QED) is 0.615. The van der Waals surface area contributed by atoms with Crippen LogP contribution in [0.5, 0.6) is 0 Å². The fraction of sp³-hybridized carbons (Fsp3) is 0.364. The maximum Gasteiger partial charge on any atom is 0.310 e. The summed E-state index contributed by atoms with van der Waals surface area (Å²) < 4.78 is 32.1. The molecule has 30 heavy (non-hydrogen) atoms. The van der Waals surface area contributed by atoms with Crippen LogP contribution in [0.15, 0.2) is 47.4 Å². The molecular formula is C22H28N2O5S. The fourth-order valence-corrected chi connectivity index (χ4v) is 4.65. The van der Waals surface area contributed by atoms with E-state index in [1.54, 1.807) is 57.2 Å². The summed E-state index contributed by atoms with van der Waals surface area (Å²) in [5.74, 6) is -0.756. The number of hydrogen-bond acceptors (Lipinski definition) is 5. The van der Waals surface area contributed by atoms with Crippen LogP contribution in [0.1, 0.15) is 30.5 Å². The summed E-state index contributed by atoms with van der Waals surface area (Å²) >= 11 is 0. The molecule has 2 aromatic carbocycles. The molecule has 0 aromatic heterocycles. The topological polar surface area (TPSA) is 92.8 Å². The average Bonchev–Trinajstić information content (AvgIpc) is 2.69. The highest BCUT2D eigenvalue weighted by molar-refractivity contribution is 7.89. The summed E-state index contributed by atoms with van der Waals surface area (Å²) in [6, 6.07) is 12.0. The summed E-state index contributed by atoms with van der Waals surface area (Å²) in [6.07, 6.45) is 0.153. The lowest BCUT2D eigenvalue weighted by Gasteiger charge is -2.21. The van der Waals surface area contributed by atoms with Crippen molar-refractivity contribution >= 4 is 27.6 Å². The summed E-state index contributed by atoms with van der Waals surface area (Å²) in [7, 11) is -3.80. The number of anilines is 1. The second kappa shape index (κ2) is 10.4. The minimum Gasteiger partial charge on any atom is -0.466 e. The fourth-order valence-electron chi connectivity index (χ4n) is 2.94. The highest BCUT2D eigenvalue weighted by Crippen LogP contribution is 2.21. The monoisotopic (exact) mass is 432 g/mol. The van der Waals surface area contributed by atoms with Crippen LogP contribution in [0.2, 0.25) is 0 Å². The van der Waals surface area contributed by atoms with Crippen LogP contribution in [-0.4, -0.2) is 44.3 Å². The van der Waals surface area contributed by atoms with E-state index in [4.69, 9.17) is 4.74 Å². The molecule has 2 aromatic rings. The van der Waals surface area contributed by atoms with Crippen molar-refractivity contribution in [3.8, 4) is 0 Å². The highest BCUT2D eigenvalue weighted by atomic mass is 32.2. The number of hydrogen-bond donors (Lipinski definition) is 1. The molecule has 162 valence electrons. The average molecular weight is 433 g/mol. The third-order valence-corrected chi connectivity index (χ3v) is 6.59. The van der Waals surface area contributed by atoms with E-state index in [2.05, 4.69) is 5.32 Å². The molecule has 0 saturated heterocycles. The first kappa shape index (κ1) is 23.6. The molecule has 1 amide bonds. The smallest absolute Gasteiger partial charge is 0.310 e. The number of carbonyl (C=O) groups is 2. The van der Waals surface area contributed by atoms with Gasteiger partial charge in [-0.15, -0.1) is 0 Å². The third-order valence-electron chi connectivity index (χ3n) is 4.53. The van der Waals surface area contributed by atoms with Crippen LogP contribution in [0, 0.1) is 13.8 Å². The van der Waals surface area contributed by atoms with Crippen molar-refractivity contribution in [2.45, 2.75) is 39.0 Å². The van der Waals surface area contributed by atoms with Gasteiger partial charge in [0.25, 0.3) is 0 Å². The Labute approximate surface area is 178 Å². The summed E-state index contributed by atoms with van der Waals surface area (Å²) in [6.45, 7) is 7.20. The molecule has 7 nitrogen and oxygen atoms in total. The first-order valence-corrected chi connectivity index (χ1v) is 11.2. The molecular weight excluding hydrogens is 404 g/mol. The Morgan fingerprint density at radius 1 is 1.03 bits per heavy atom.